The van der Waals surface area contributed by atoms with Crippen molar-refractivity contribution < 1.29 is 14.3 Å². The van der Waals surface area contributed by atoms with Crippen LogP contribution in [0, 0.1) is 6.92 Å². The maximum Gasteiger partial charge on any atom is 0.306 e. The van der Waals surface area contributed by atoms with Gasteiger partial charge in [-0.15, -0.1) is 5.10 Å². The molecule has 4 rings (SSSR count). The fourth-order valence-electron chi connectivity index (χ4n) is 4.09. The van der Waals surface area contributed by atoms with Gasteiger partial charge < -0.3 is 4.74 Å². The van der Waals surface area contributed by atoms with Gasteiger partial charge >= 0.3 is 5.97 Å². The van der Waals surface area contributed by atoms with Gasteiger partial charge in [0.2, 0.25) is 0 Å². The molecule has 28 heavy (non-hydrogen) atoms. The Morgan fingerprint density at radius 1 is 1.25 bits per heavy atom. The minimum atomic E-state index is -0.252. The van der Waals surface area contributed by atoms with Gasteiger partial charge in [-0.1, -0.05) is 23.4 Å². The van der Waals surface area contributed by atoms with E-state index >= 15 is 0 Å². The third-order valence-corrected chi connectivity index (χ3v) is 5.59. The fourth-order valence-corrected chi connectivity index (χ4v) is 4.09. The number of aromatic nitrogens is 3. The van der Waals surface area contributed by atoms with Crippen molar-refractivity contribution in [1.29, 1.82) is 0 Å². The number of ketones is 1. The number of ether oxygens (including phenoxy) is 1. The first-order valence-corrected chi connectivity index (χ1v) is 9.60. The maximum absolute atomic E-state index is 12.4. The summed E-state index contributed by atoms with van der Waals surface area (Å²) in [5, 5.41) is 8.39. The third-order valence-electron chi connectivity index (χ3n) is 5.59. The van der Waals surface area contributed by atoms with Crippen LogP contribution < -0.4 is 0 Å². The van der Waals surface area contributed by atoms with Gasteiger partial charge in [0, 0.05) is 24.9 Å². The number of benzene rings is 2. The van der Waals surface area contributed by atoms with Gasteiger partial charge in [-0.2, -0.15) is 0 Å². The van der Waals surface area contributed by atoms with Gasteiger partial charge in [0.15, 0.2) is 5.78 Å². The number of hydrogen-bond acceptors (Lipinski definition) is 5. The molecule has 0 spiro atoms. The van der Waals surface area contributed by atoms with E-state index in [-0.39, 0.29) is 24.1 Å². The Morgan fingerprint density at radius 3 is 2.86 bits per heavy atom. The number of carbonyl (C=O) groups excluding carboxylic acids is 2. The molecule has 0 radical (unpaired) electrons. The van der Waals surface area contributed by atoms with Gasteiger partial charge in [0.25, 0.3) is 0 Å². The summed E-state index contributed by atoms with van der Waals surface area (Å²) < 4.78 is 6.96. The number of carbonyl (C=O) groups is 2. The summed E-state index contributed by atoms with van der Waals surface area (Å²) in [6.45, 7) is 4.15. The standard InChI is InChI=1S/C22H23N3O3/c1-4-28-21(27)12-17(15-6-5-14-7-10-20(26)18(14)11-15)16-8-9-19-22(13(16)2)23-24-25(19)3/h5-6,8-9,11,17H,4,7,10,12H2,1-3H3. The van der Waals surface area contributed by atoms with Gasteiger partial charge in [-0.25, -0.2) is 4.68 Å². The largest absolute Gasteiger partial charge is 0.466 e. The first kappa shape index (κ1) is 18.3. The highest BCUT2D eigenvalue weighted by atomic mass is 16.5. The van der Waals surface area contributed by atoms with Crippen LogP contribution in [0.4, 0.5) is 0 Å². The average molecular weight is 377 g/mol. The van der Waals surface area contributed by atoms with E-state index in [2.05, 4.69) is 10.3 Å². The van der Waals surface area contributed by atoms with Crippen LogP contribution in [-0.4, -0.2) is 33.4 Å². The molecule has 1 aliphatic carbocycles. The van der Waals surface area contributed by atoms with E-state index in [0.29, 0.717) is 13.0 Å². The van der Waals surface area contributed by atoms with Gasteiger partial charge in [-0.05, 0) is 54.7 Å². The van der Waals surface area contributed by atoms with Crippen molar-refractivity contribution in [2.24, 2.45) is 7.05 Å². The van der Waals surface area contributed by atoms with E-state index in [9.17, 15) is 9.59 Å². The molecule has 2 aromatic carbocycles. The highest BCUT2D eigenvalue weighted by Gasteiger charge is 2.26. The fraction of sp³-hybridized carbons (Fsp3) is 0.364. The van der Waals surface area contributed by atoms with E-state index in [1.165, 1.54) is 0 Å². The average Bonchev–Trinajstić information content (AvgIpc) is 3.24. The number of fused-ring (bicyclic) bond motifs is 2. The molecule has 0 N–H and O–H groups in total. The van der Waals surface area contributed by atoms with Crippen molar-refractivity contribution in [2.45, 2.75) is 39.0 Å². The quantitative estimate of drug-likeness (QED) is 0.636. The van der Waals surface area contributed by atoms with Crippen molar-refractivity contribution in [3.05, 3.63) is 58.1 Å². The Labute approximate surface area is 163 Å². The van der Waals surface area contributed by atoms with Crippen LogP contribution in [0.3, 0.4) is 0 Å². The molecule has 0 fully saturated rings. The number of Topliss-reactive ketones (excluding diaryl/α,β-unsaturated/α-hetero) is 1. The topological polar surface area (TPSA) is 74.1 Å². The maximum atomic E-state index is 12.4. The summed E-state index contributed by atoms with van der Waals surface area (Å²) in [5.74, 6) is -0.282. The lowest BCUT2D eigenvalue weighted by Crippen LogP contribution is -2.13. The smallest absolute Gasteiger partial charge is 0.306 e. The Hall–Kier alpha value is -3.02. The summed E-state index contributed by atoms with van der Waals surface area (Å²) in [4.78, 5) is 24.6. The van der Waals surface area contributed by atoms with Crippen LogP contribution in [-0.2, 0) is 23.0 Å². The van der Waals surface area contributed by atoms with E-state index in [1.807, 2.05) is 44.3 Å². The SMILES string of the molecule is CCOC(=O)CC(c1ccc2c(c1)C(=O)CC2)c1ccc2c(nnn2C)c1C. The molecule has 0 saturated heterocycles. The van der Waals surface area contributed by atoms with Crippen molar-refractivity contribution in [3.8, 4) is 0 Å². The molecule has 0 aliphatic heterocycles. The summed E-state index contributed by atoms with van der Waals surface area (Å²) in [7, 11) is 1.86. The van der Waals surface area contributed by atoms with Crippen LogP contribution in [0.1, 0.15) is 58.3 Å². The van der Waals surface area contributed by atoms with Crippen LogP contribution in [0.15, 0.2) is 30.3 Å². The first-order chi connectivity index (χ1) is 13.5. The normalized spacial score (nSPS) is 14.3. The van der Waals surface area contributed by atoms with Gasteiger partial charge in [0.1, 0.15) is 5.52 Å². The Bertz CT molecular complexity index is 1080. The highest BCUT2D eigenvalue weighted by molar-refractivity contribution is 6.00. The second-order valence-electron chi connectivity index (χ2n) is 7.26. The number of hydrogen-bond donors (Lipinski definition) is 0. The molecule has 1 aromatic heterocycles. The molecule has 1 atom stereocenters. The Morgan fingerprint density at radius 2 is 2.07 bits per heavy atom. The lowest BCUT2D eigenvalue weighted by molar-refractivity contribution is -0.143. The lowest BCUT2D eigenvalue weighted by Gasteiger charge is -2.20. The predicted molar refractivity (Wildman–Crippen MR) is 105 cm³/mol. The zero-order valence-corrected chi connectivity index (χ0v) is 16.4. The molecular formula is C22H23N3O3. The van der Waals surface area contributed by atoms with E-state index in [0.717, 1.165) is 45.3 Å². The zero-order chi connectivity index (χ0) is 19.8. The molecule has 1 unspecified atom stereocenters. The van der Waals surface area contributed by atoms with Crippen molar-refractivity contribution in [3.63, 3.8) is 0 Å². The summed E-state index contributed by atoms with van der Waals surface area (Å²) in [6.07, 6.45) is 1.57. The van der Waals surface area contributed by atoms with Crippen molar-refractivity contribution in [2.75, 3.05) is 6.61 Å². The molecule has 144 valence electrons. The van der Waals surface area contributed by atoms with E-state index < -0.39 is 0 Å². The van der Waals surface area contributed by atoms with E-state index in [1.54, 1.807) is 11.6 Å². The first-order valence-electron chi connectivity index (χ1n) is 9.60. The molecule has 6 heteroatoms. The number of nitrogens with zero attached hydrogens (tertiary/aromatic N) is 3. The van der Waals surface area contributed by atoms with Crippen LogP contribution in [0.2, 0.25) is 0 Å². The molecule has 6 nitrogen and oxygen atoms in total. The molecular weight excluding hydrogens is 354 g/mol. The summed E-state index contributed by atoms with van der Waals surface area (Å²) in [6, 6.07) is 10.0. The van der Waals surface area contributed by atoms with Crippen molar-refractivity contribution >= 4 is 22.8 Å². The number of aryl methyl sites for hydroxylation is 3. The zero-order valence-electron chi connectivity index (χ0n) is 16.4. The Balaban J connectivity index is 1.83. The second kappa shape index (κ2) is 7.19. The Kier molecular flexibility index (Phi) is 4.71. The van der Waals surface area contributed by atoms with Crippen LogP contribution in [0.25, 0.3) is 11.0 Å². The number of rotatable bonds is 5. The minimum absolute atomic E-state index is 0.174. The molecule has 0 bridgehead atoms. The molecule has 1 aliphatic rings. The van der Waals surface area contributed by atoms with Crippen LogP contribution in [0.5, 0.6) is 0 Å². The van der Waals surface area contributed by atoms with Crippen molar-refractivity contribution in [1.82, 2.24) is 15.0 Å². The number of esters is 1. The molecule has 0 saturated carbocycles. The van der Waals surface area contributed by atoms with Gasteiger partial charge in [-0.3, -0.25) is 9.59 Å². The summed E-state index contributed by atoms with van der Waals surface area (Å²) in [5.41, 5.74) is 6.59. The van der Waals surface area contributed by atoms with Crippen LogP contribution >= 0.6 is 0 Å². The molecule has 1 heterocycles. The predicted octanol–water partition coefficient (Wildman–Crippen LogP) is 3.49. The minimum Gasteiger partial charge on any atom is -0.466 e. The highest BCUT2D eigenvalue weighted by Crippen LogP contribution is 2.35. The third kappa shape index (κ3) is 3.09. The summed E-state index contributed by atoms with van der Waals surface area (Å²) >= 11 is 0. The lowest BCUT2D eigenvalue weighted by atomic mass is 9.84. The molecule has 3 aromatic rings. The second-order valence-corrected chi connectivity index (χ2v) is 7.26. The molecule has 0 amide bonds. The van der Waals surface area contributed by atoms with E-state index in [4.69, 9.17) is 4.74 Å². The monoisotopic (exact) mass is 377 g/mol. The van der Waals surface area contributed by atoms with Gasteiger partial charge in [0.05, 0.1) is 18.5 Å².